The van der Waals surface area contributed by atoms with Gasteiger partial charge in [0.1, 0.15) is 0 Å². The molecule has 0 bridgehead atoms. The number of amides is 1. The average Bonchev–Trinajstić information content (AvgIpc) is 3.13. The highest BCUT2D eigenvalue weighted by Gasteiger charge is 2.20. The van der Waals surface area contributed by atoms with Crippen LogP contribution in [0.25, 0.3) is 16.6 Å². The predicted octanol–water partition coefficient (Wildman–Crippen LogP) is 1.82. The zero-order chi connectivity index (χ0) is 20.2. The second-order valence-electron chi connectivity index (χ2n) is 7.52. The van der Waals surface area contributed by atoms with Crippen LogP contribution in [0, 0.1) is 12.8 Å². The van der Waals surface area contributed by atoms with Crippen LogP contribution >= 0.6 is 0 Å². The van der Waals surface area contributed by atoms with E-state index in [2.05, 4.69) is 32.4 Å². The normalized spacial score (nSPS) is 16.1. The van der Waals surface area contributed by atoms with Crippen molar-refractivity contribution in [3.63, 3.8) is 0 Å². The van der Waals surface area contributed by atoms with Crippen LogP contribution in [0.15, 0.2) is 36.5 Å². The number of para-hydroxylation sites is 1. The number of ether oxygens (including phenoxy) is 1. The van der Waals surface area contributed by atoms with Crippen molar-refractivity contribution in [1.29, 1.82) is 0 Å². The minimum absolute atomic E-state index is 0.198. The highest BCUT2D eigenvalue weighted by molar-refractivity contribution is 5.93. The summed E-state index contributed by atoms with van der Waals surface area (Å²) >= 11 is 0. The molecule has 3 heterocycles. The van der Waals surface area contributed by atoms with E-state index in [-0.39, 0.29) is 5.91 Å². The first-order valence-electron chi connectivity index (χ1n) is 9.98. The van der Waals surface area contributed by atoms with E-state index in [9.17, 15) is 4.79 Å². The van der Waals surface area contributed by atoms with Gasteiger partial charge < -0.3 is 10.1 Å². The molecular formula is C21H26N6O2. The maximum atomic E-state index is 12.7. The van der Waals surface area contributed by atoms with Crippen molar-refractivity contribution in [2.45, 2.75) is 13.8 Å². The zero-order valence-electron chi connectivity index (χ0n) is 16.8. The maximum Gasteiger partial charge on any atom is 0.273 e. The van der Waals surface area contributed by atoms with Gasteiger partial charge in [0.15, 0.2) is 5.69 Å². The van der Waals surface area contributed by atoms with Crippen LogP contribution in [0.2, 0.25) is 0 Å². The molecule has 2 aromatic heterocycles. The molecule has 29 heavy (non-hydrogen) atoms. The predicted molar refractivity (Wildman–Crippen MR) is 110 cm³/mol. The molecule has 1 aliphatic rings. The van der Waals surface area contributed by atoms with Gasteiger partial charge in [-0.3, -0.25) is 14.7 Å². The monoisotopic (exact) mass is 394 g/mol. The molecule has 1 aromatic carbocycles. The van der Waals surface area contributed by atoms with Crippen molar-refractivity contribution in [3.05, 3.63) is 47.9 Å². The lowest BCUT2D eigenvalue weighted by Gasteiger charge is -2.29. The fraction of sp³-hybridized carbons (Fsp3) is 0.429. The number of hydrogen-bond acceptors (Lipinski definition) is 6. The number of carbonyl (C=O) groups excluding carboxylic acids is 1. The minimum Gasteiger partial charge on any atom is -0.379 e. The minimum atomic E-state index is -0.198. The number of aromatic nitrogens is 4. The van der Waals surface area contributed by atoms with Crippen LogP contribution in [-0.4, -0.2) is 70.2 Å². The largest absolute Gasteiger partial charge is 0.379 e. The highest BCUT2D eigenvalue weighted by atomic mass is 16.5. The van der Waals surface area contributed by atoms with Gasteiger partial charge in [-0.2, -0.15) is 0 Å². The number of rotatable bonds is 6. The fourth-order valence-corrected chi connectivity index (χ4v) is 3.67. The second-order valence-corrected chi connectivity index (χ2v) is 7.52. The van der Waals surface area contributed by atoms with Crippen LogP contribution in [-0.2, 0) is 4.74 Å². The number of carbonyl (C=O) groups is 1. The Morgan fingerprint density at radius 1 is 1.24 bits per heavy atom. The van der Waals surface area contributed by atoms with Gasteiger partial charge in [-0.1, -0.05) is 30.3 Å². The lowest BCUT2D eigenvalue weighted by molar-refractivity contribution is 0.0317. The summed E-state index contributed by atoms with van der Waals surface area (Å²) < 4.78 is 7.06. The molecule has 3 aromatic rings. The first-order valence-corrected chi connectivity index (χ1v) is 9.98. The molecule has 1 unspecified atom stereocenters. The third kappa shape index (κ3) is 4.28. The van der Waals surface area contributed by atoms with Crippen molar-refractivity contribution < 1.29 is 9.53 Å². The van der Waals surface area contributed by atoms with Crippen LogP contribution < -0.4 is 5.32 Å². The van der Waals surface area contributed by atoms with Crippen molar-refractivity contribution in [2.75, 3.05) is 39.4 Å². The molecular weight excluding hydrogens is 368 g/mol. The van der Waals surface area contributed by atoms with Gasteiger partial charge in [-0.15, -0.1) is 5.10 Å². The van der Waals surface area contributed by atoms with Crippen molar-refractivity contribution >= 4 is 16.8 Å². The lowest BCUT2D eigenvalue weighted by atomic mass is 10.1. The summed E-state index contributed by atoms with van der Waals surface area (Å²) in [5, 5.41) is 12.4. The number of nitrogens with zero attached hydrogens (tertiary/aromatic N) is 5. The summed E-state index contributed by atoms with van der Waals surface area (Å²) in [5.74, 6) is 0.144. The Hall–Kier alpha value is -2.84. The van der Waals surface area contributed by atoms with Gasteiger partial charge in [0.25, 0.3) is 5.91 Å². The third-order valence-electron chi connectivity index (χ3n) is 5.23. The summed E-state index contributed by atoms with van der Waals surface area (Å²) in [6.45, 7) is 8.99. The second kappa shape index (κ2) is 8.67. The van der Waals surface area contributed by atoms with E-state index in [0.29, 0.717) is 23.9 Å². The van der Waals surface area contributed by atoms with Gasteiger partial charge in [-0.05, 0) is 25.0 Å². The Labute approximate surface area is 169 Å². The van der Waals surface area contributed by atoms with Crippen molar-refractivity contribution in [3.8, 4) is 5.69 Å². The SMILES string of the molecule is Cc1c(C(=O)NCC(C)CN2CCOCC2)nnn1-c1cccc2cccnc12. The number of pyridine rings is 1. The topological polar surface area (TPSA) is 85.2 Å². The molecule has 0 aliphatic carbocycles. The van der Waals surface area contributed by atoms with Gasteiger partial charge in [0.2, 0.25) is 0 Å². The standard InChI is InChI=1S/C21H26N6O2/c1-15(14-26-9-11-29-12-10-26)13-23-21(28)19-16(2)27(25-24-19)18-7-3-5-17-6-4-8-22-20(17)18/h3-8,15H,9-14H2,1-2H3,(H,23,28). The summed E-state index contributed by atoms with van der Waals surface area (Å²) in [4.78, 5) is 19.5. The number of nitrogens with one attached hydrogen (secondary N) is 1. The molecule has 4 rings (SSSR count). The molecule has 152 valence electrons. The van der Waals surface area contributed by atoms with Crippen LogP contribution in [0.4, 0.5) is 0 Å². The van der Waals surface area contributed by atoms with Gasteiger partial charge in [0, 0.05) is 37.8 Å². The summed E-state index contributed by atoms with van der Waals surface area (Å²) in [5.41, 5.74) is 2.68. The van der Waals surface area contributed by atoms with E-state index in [0.717, 1.165) is 49.4 Å². The maximum absolute atomic E-state index is 12.7. The van der Waals surface area contributed by atoms with Crippen molar-refractivity contribution in [1.82, 2.24) is 30.2 Å². The third-order valence-corrected chi connectivity index (χ3v) is 5.23. The first-order chi connectivity index (χ1) is 14.1. The zero-order valence-corrected chi connectivity index (χ0v) is 16.8. The Kier molecular flexibility index (Phi) is 5.82. The number of hydrogen-bond donors (Lipinski definition) is 1. The molecule has 1 fully saturated rings. The Bertz CT molecular complexity index is 991. The van der Waals surface area contributed by atoms with Gasteiger partial charge >= 0.3 is 0 Å². The van der Waals surface area contributed by atoms with E-state index >= 15 is 0 Å². The number of benzene rings is 1. The smallest absolute Gasteiger partial charge is 0.273 e. The Balaban J connectivity index is 1.44. The van der Waals surface area contributed by atoms with E-state index < -0.39 is 0 Å². The quantitative estimate of drug-likeness (QED) is 0.687. The van der Waals surface area contributed by atoms with Gasteiger partial charge in [-0.25, -0.2) is 4.68 Å². The molecule has 8 heteroatoms. The van der Waals surface area contributed by atoms with E-state index in [1.54, 1.807) is 10.9 Å². The fourth-order valence-electron chi connectivity index (χ4n) is 3.67. The molecule has 1 N–H and O–H groups in total. The molecule has 1 saturated heterocycles. The summed E-state index contributed by atoms with van der Waals surface area (Å²) in [6, 6.07) is 9.79. The number of morpholine rings is 1. The summed E-state index contributed by atoms with van der Waals surface area (Å²) in [6.07, 6.45) is 1.75. The molecule has 0 saturated carbocycles. The van der Waals surface area contributed by atoms with Gasteiger partial charge in [0.05, 0.1) is 30.1 Å². The van der Waals surface area contributed by atoms with Crippen LogP contribution in [0.3, 0.4) is 0 Å². The molecule has 1 aliphatic heterocycles. The number of fused-ring (bicyclic) bond motifs is 1. The molecule has 1 atom stereocenters. The lowest BCUT2D eigenvalue weighted by Crippen LogP contribution is -2.41. The van der Waals surface area contributed by atoms with Crippen LogP contribution in [0.1, 0.15) is 23.1 Å². The molecule has 1 amide bonds. The first kappa shape index (κ1) is 19.5. The van der Waals surface area contributed by atoms with E-state index in [4.69, 9.17) is 4.74 Å². The molecule has 0 radical (unpaired) electrons. The Morgan fingerprint density at radius 3 is 2.86 bits per heavy atom. The van der Waals surface area contributed by atoms with E-state index in [1.807, 2.05) is 37.3 Å². The molecule has 0 spiro atoms. The average molecular weight is 394 g/mol. The Morgan fingerprint density at radius 2 is 2.03 bits per heavy atom. The summed E-state index contributed by atoms with van der Waals surface area (Å²) in [7, 11) is 0. The highest BCUT2D eigenvalue weighted by Crippen LogP contribution is 2.21. The molecule has 8 nitrogen and oxygen atoms in total. The van der Waals surface area contributed by atoms with Crippen molar-refractivity contribution in [2.24, 2.45) is 5.92 Å². The van der Waals surface area contributed by atoms with E-state index in [1.165, 1.54) is 0 Å². The van der Waals surface area contributed by atoms with Crippen LogP contribution in [0.5, 0.6) is 0 Å².